The largest absolute Gasteiger partial charge is 0.355 e. The van der Waals surface area contributed by atoms with Crippen molar-refractivity contribution >= 4 is 27.5 Å². The highest BCUT2D eigenvalue weighted by Crippen LogP contribution is 2.26. The zero-order chi connectivity index (χ0) is 19.3. The monoisotopic (exact) mass is 394 g/mol. The standard InChI is InChI=1S/C19H23ClN2O3S/c1-13(2)18(15-5-7-16(20)8-6-15)19(23)22-12-11-14-3-9-17(10-4-14)26(21,24)25/h3-10,13,18H,11-12H2,1-2H3,(H,22,23)(H2,21,24,25)/t18-/m1/s1. The Morgan fingerprint density at radius 2 is 1.65 bits per heavy atom. The summed E-state index contributed by atoms with van der Waals surface area (Å²) >= 11 is 5.92. The lowest BCUT2D eigenvalue weighted by molar-refractivity contribution is -0.123. The van der Waals surface area contributed by atoms with E-state index in [9.17, 15) is 13.2 Å². The van der Waals surface area contributed by atoms with Crippen LogP contribution in [0.25, 0.3) is 0 Å². The van der Waals surface area contributed by atoms with Crippen LogP contribution in [0.3, 0.4) is 0 Å². The number of carbonyl (C=O) groups excluding carboxylic acids is 1. The van der Waals surface area contributed by atoms with Crippen molar-refractivity contribution < 1.29 is 13.2 Å². The number of primary sulfonamides is 1. The third kappa shape index (κ3) is 5.56. The zero-order valence-electron chi connectivity index (χ0n) is 14.8. The summed E-state index contributed by atoms with van der Waals surface area (Å²) in [5.41, 5.74) is 1.85. The predicted octanol–water partition coefficient (Wildman–Crippen LogP) is 3.09. The van der Waals surface area contributed by atoms with Crippen LogP contribution in [0.4, 0.5) is 0 Å². The van der Waals surface area contributed by atoms with Gasteiger partial charge in [0, 0.05) is 11.6 Å². The molecule has 0 aromatic heterocycles. The van der Waals surface area contributed by atoms with E-state index in [-0.39, 0.29) is 22.6 Å². The summed E-state index contributed by atoms with van der Waals surface area (Å²) in [6.45, 7) is 4.47. The molecule has 2 aromatic rings. The van der Waals surface area contributed by atoms with E-state index >= 15 is 0 Å². The number of halogens is 1. The first-order valence-electron chi connectivity index (χ1n) is 8.33. The molecule has 0 radical (unpaired) electrons. The quantitative estimate of drug-likeness (QED) is 0.756. The molecule has 0 aliphatic heterocycles. The molecule has 26 heavy (non-hydrogen) atoms. The number of hydrogen-bond acceptors (Lipinski definition) is 3. The normalized spacial score (nSPS) is 12.8. The van der Waals surface area contributed by atoms with Crippen molar-refractivity contribution in [2.24, 2.45) is 11.1 Å². The van der Waals surface area contributed by atoms with E-state index in [1.165, 1.54) is 12.1 Å². The first-order chi connectivity index (χ1) is 12.2. The Kier molecular flexibility index (Phi) is 6.81. The Morgan fingerprint density at radius 3 is 2.15 bits per heavy atom. The highest BCUT2D eigenvalue weighted by molar-refractivity contribution is 7.89. The van der Waals surface area contributed by atoms with E-state index < -0.39 is 10.0 Å². The van der Waals surface area contributed by atoms with Gasteiger partial charge in [-0.15, -0.1) is 0 Å². The molecular formula is C19H23ClN2O3S. The molecule has 0 aliphatic rings. The maximum absolute atomic E-state index is 12.6. The highest BCUT2D eigenvalue weighted by Gasteiger charge is 2.23. The summed E-state index contributed by atoms with van der Waals surface area (Å²) in [6, 6.07) is 13.7. The second-order valence-corrected chi connectivity index (χ2v) is 8.50. The maximum atomic E-state index is 12.6. The van der Waals surface area contributed by atoms with Gasteiger partial charge in [-0.1, -0.05) is 49.7 Å². The molecule has 0 saturated heterocycles. The van der Waals surface area contributed by atoms with Gasteiger partial charge in [0.2, 0.25) is 15.9 Å². The SMILES string of the molecule is CC(C)[C@@H](C(=O)NCCc1ccc(S(N)(=O)=O)cc1)c1ccc(Cl)cc1. The minimum Gasteiger partial charge on any atom is -0.355 e. The molecule has 1 amide bonds. The van der Waals surface area contributed by atoms with Crippen LogP contribution in [0.1, 0.15) is 30.9 Å². The Labute approximate surface area is 159 Å². The van der Waals surface area contributed by atoms with Gasteiger partial charge in [0.05, 0.1) is 10.8 Å². The second kappa shape index (κ2) is 8.66. The fraction of sp³-hybridized carbons (Fsp3) is 0.316. The summed E-state index contributed by atoms with van der Waals surface area (Å²) in [5, 5.41) is 8.67. The number of carbonyl (C=O) groups is 1. The number of benzene rings is 2. The molecule has 0 unspecified atom stereocenters. The number of amides is 1. The molecule has 0 fully saturated rings. The third-order valence-corrected chi connectivity index (χ3v) is 5.32. The van der Waals surface area contributed by atoms with Gasteiger partial charge >= 0.3 is 0 Å². The van der Waals surface area contributed by atoms with Gasteiger partial charge in [0.25, 0.3) is 0 Å². The Bertz CT molecular complexity index is 847. The van der Waals surface area contributed by atoms with Crippen molar-refractivity contribution in [2.75, 3.05) is 6.54 Å². The number of nitrogens with one attached hydrogen (secondary N) is 1. The van der Waals surface area contributed by atoms with Gasteiger partial charge < -0.3 is 5.32 Å². The molecule has 0 saturated carbocycles. The van der Waals surface area contributed by atoms with Crippen molar-refractivity contribution in [2.45, 2.75) is 31.1 Å². The smallest absolute Gasteiger partial charge is 0.238 e. The van der Waals surface area contributed by atoms with Crippen LogP contribution >= 0.6 is 11.6 Å². The summed E-state index contributed by atoms with van der Waals surface area (Å²) in [5.74, 6) is -0.147. The lowest BCUT2D eigenvalue weighted by Crippen LogP contribution is -2.33. The number of nitrogens with two attached hydrogens (primary N) is 1. The van der Waals surface area contributed by atoms with E-state index in [0.29, 0.717) is 18.0 Å². The van der Waals surface area contributed by atoms with E-state index in [2.05, 4.69) is 5.32 Å². The van der Waals surface area contributed by atoms with Crippen LogP contribution in [0, 0.1) is 5.92 Å². The van der Waals surface area contributed by atoms with Crippen molar-refractivity contribution in [1.82, 2.24) is 5.32 Å². The molecular weight excluding hydrogens is 372 g/mol. The maximum Gasteiger partial charge on any atom is 0.238 e. The average molecular weight is 395 g/mol. The summed E-state index contributed by atoms with van der Waals surface area (Å²) in [7, 11) is -3.69. The highest BCUT2D eigenvalue weighted by atomic mass is 35.5. The van der Waals surface area contributed by atoms with E-state index in [1.807, 2.05) is 26.0 Å². The predicted molar refractivity (Wildman–Crippen MR) is 104 cm³/mol. The Morgan fingerprint density at radius 1 is 1.08 bits per heavy atom. The van der Waals surface area contributed by atoms with E-state index in [0.717, 1.165) is 11.1 Å². The Balaban J connectivity index is 1.97. The first kappa shape index (κ1) is 20.4. The van der Waals surface area contributed by atoms with Gasteiger partial charge in [-0.25, -0.2) is 13.6 Å². The molecule has 0 bridgehead atoms. The van der Waals surface area contributed by atoms with Crippen molar-refractivity contribution in [3.05, 3.63) is 64.7 Å². The molecule has 0 aliphatic carbocycles. The lowest BCUT2D eigenvalue weighted by Gasteiger charge is -2.21. The molecule has 5 nitrogen and oxygen atoms in total. The minimum absolute atomic E-state index is 0.0384. The summed E-state index contributed by atoms with van der Waals surface area (Å²) < 4.78 is 22.5. The van der Waals surface area contributed by atoms with Gasteiger partial charge in [-0.2, -0.15) is 0 Å². The van der Waals surface area contributed by atoms with Crippen LogP contribution < -0.4 is 10.5 Å². The molecule has 0 heterocycles. The van der Waals surface area contributed by atoms with Crippen molar-refractivity contribution in [3.63, 3.8) is 0 Å². The number of hydrogen-bond donors (Lipinski definition) is 2. The van der Waals surface area contributed by atoms with Gasteiger partial charge in [-0.05, 0) is 47.7 Å². The van der Waals surface area contributed by atoms with Crippen molar-refractivity contribution in [1.29, 1.82) is 0 Å². The topological polar surface area (TPSA) is 89.3 Å². The van der Waals surface area contributed by atoms with Gasteiger partial charge in [-0.3, -0.25) is 4.79 Å². The second-order valence-electron chi connectivity index (χ2n) is 6.50. The number of rotatable bonds is 7. The van der Waals surface area contributed by atoms with Crippen LogP contribution in [0.2, 0.25) is 5.02 Å². The van der Waals surface area contributed by atoms with Crippen LogP contribution in [0.15, 0.2) is 53.4 Å². The minimum atomic E-state index is -3.69. The Hall–Kier alpha value is -1.89. The molecule has 2 rings (SSSR count). The van der Waals surface area contributed by atoms with Crippen LogP contribution in [0.5, 0.6) is 0 Å². The average Bonchev–Trinajstić information content (AvgIpc) is 2.56. The molecule has 140 valence electrons. The summed E-state index contributed by atoms with van der Waals surface area (Å²) in [4.78, 5) is 12.7. The zero-order valence-corrected chi connectivity index (χ0v) is 16.3. The summed E-state index contributed by atoms with van der Waals surface area (Å²) in [6.07, 6.45) is 0.599. The van der Waals surface area contributed by atoms with E-state index in [1.54, 1.807) is 24.3 Å². The first-order valence-corrected chi connectivity index (χ1v) is 10.3. The fourth-order valence-corrected chi connectivity index (χ4v) is 3.44. The molecule has 2 aromatic carbocycles. The lowest BCUT2D eigenvalue weighted by atomic mass is 9.87. The van der Waals surface area contributed by atoms with Crippen LogP contribution in [-0.4, -0.2) is 20.9 Å². The molecule has 7 heteroatoms. The molecule has 1 atom stereocenters. The molecule has 0 spiro atoms. The van der Waals surface area contributed by atoms with Crippen LogP contribution in [-0.2, 0) is 21.2 Å². The number of sulfonamides is 1. The fourth-order valence-electron chi connectivity index (χ4n) is 2.79. The van der Waals surface area contributed by atoms with Crippen molar-refractivity contribution in [3.8, 4) is 0 Å². The van der Waals surface area contributed by atoms with E-state index in [4.69, 9.17) is 16.7 Å². The van der Waals surface area contributed by atoms with Gasteiger partial charge in [0.1, 0.15) is 0 Å². The third-order valence-electron chi connectivity index (χ3n) is 4.14. The molecule has 3 N–H and O–H groups in total. The van der Waals surface area contributed by atoms with Gasteiger partial charge in [0.15, 0.2) is 0 Å².